The van der Waals surface area contributed by atoms with Gasteiger partial charge in [-0.2, -0.15) is 5.10 Å². The van der Waals surface area contributed by atoms with Crippen LogP contribution in [-0.4, -0.2) is 14.9 Å². The topological polar surface area (TPSA) is 47.3 Å². The average molecular weight is 315 g/mol. The van der Waals surface area contributed by atoms with Crippen LogP contribution in [-0.2, 0) is 26.7 Å². The van der Waals surface area contributed by atoms with E-state index in [-0.39, 0.29) is 13.2 Å². The molecular weight excluding hydrogens is 299 g/mol. The average Bonchev–Trinajstić information content (AvgIpc) is 2.71. The molecule has 2 rings (SSSR count). The van der Waals surface area contributed by atoms with E-state index in [9.17, 15) is 5.11 Å². The molecule has 1 aromatic heterocycles. The first-order chi connectivity index (χ1) is 9.58. The summed E-state index contributed by atoms with van der Waals surface area (Å²) >= 11 is 12.3. The number of aliphatic hydroxyl groups is 1. The van der Waals surface area contributed by atoms with E-state index in [1.54, 1.807) is 22.9 Å². The highest BCUT2D eigenvalue weighted by atomic mass is 35.5. The third kappa shape index (κ3) is 2.92. The smallest absolute Gasteiger partial charge is 0.131 e. The molecule has 1 aromatic carbocycles. The maximum Gasteiger partial charge on any atom is 0.131 e. The summed E-state index contributed by atoms with van der Waals surface area (Å²) < 4.78 is 7.44. The Labute approximate surface area is 127 Å². The van der Waals surface area contributed by atoms with Crippen LogP contribution >= 0.6 is 23.2 Å². The molecule has 0 atom stereocenters. The molecule has 0 spiro atoms. The molecule has 0 unspecified atom stereocenters. The third-order valence-corrected chi connectivity index (χ3v) is 3.89. The van der Waals surface area contributed by atoms with Crippen molar-refractivity contribution in [3.63, 3.8) is 0 Å². The first-order valence-corrected chi connectivity index (χ1v) is 7.05. The SMILES string of the molecule is CCc1nn(C)c(COc2cccc(Cl)c2CO)c1Cl. The van der Waals surface area contributed by atoms with E-state index in [1.165, 1.54) is 0 Å². The van der Waals surface area contributed by atoms with Crippen LogP contribution in [0.3, 0.4) is 0 Å². The Hall–Kier alpha value is -1.23. The number of nitrogens with zero attached hydrogens (tertiary/aromatic N) is 2. The zero-order chi connectivity index (χ0) is 14.7. The van der Waals surface area contributed by atoms with E-state index in [0.717, 1.165) is 17.8 Å². The van der Waals surface area contributed by atoms with Crippen LogP contribution < -0.4 is 4.74 Å². The molecule has 0 aliphatic heterocycles. The molecule has 0 radical (unpaired) electrons. The Kier molecular flexibility index (Phi) is 4.91. The predicted molar refractivity (Wildman–Crippen MR) is 79.3 cm³/mol. The normalized spacial score (nSPS) is 10.8. The number of aromatic nitrogens is 2. The predicted octanol–water partition coefficient (Wildman–Crippen LogP) is 3.36. The van der Waals surface area contributed by atoms with Crippen molar-refractivity contribution in [3.05, 3.63) is 45.2 Å². The highest BCUT2D eigenvalue weighted by Gasteiger charge is 2.14. The number of halogens is 2. The van der Waals surface area contributed by atoms with Crippen LogP contribution in [0.5, 0.6) is 5.75 Å². The Morgan fingerprint density at radius 1 is 1.35 bits per heavy atom. The molecule has 20 heavy (non-hydrogen) atoms. The maximum absolute atomic E-state index is 9.34. The maximum atomic E-state index is 9.34. The highest BCUT2D eigenvalue weighted by Crippen LogP contribution is 2.28. The minimum atomic E-state index is -0.172. The first-order valence-electron chi connectivity index (χ1n) is 6.29. The molecule has 4 nitrogen and oxygen atoms in total. The van der Waals surface area contributed by atoms with Gasteiger partial charge in [-0.3, -0.25) is 4.68 Å². The molecule has 6 heteroatoms. The monoisotopic (exact) mass is 314 g/mol. The van der Waals surface area contributed by atoms with Crippen LogP contribution in [0, 0.1) is 0 Å². The summed E-state index contributed by atoms with van der Waals surface area (Å²) in [5.41, 5.74) is 2.22. The number of hydrogen-bond acceptors (Lipinski definition) is 3. The third-order valence-electron chi connectivity index (χ3n) is 3.10. The van der Waals surface area contributed by atoms with Crippen molar-refractivity contribution in [1.82, 2.24) is 9.78 Å². The molecule has 0 saturated carbocycles. The van der Waals surface area contributed by atoms with Crippen molar-refractivity contribution < 1.29 is 9.84 Å². The van der Waals surface area contributed by atoms with Crippen molar-refractivity contribution in [2.45, 2.75) is 26.6 Å². The summed E-state index contributed by atoms with van der Waals surface area (Å²) in [4.78, 5) is 0. The van der Waals surface area contributed by atoms with Gasteiger partial charge in [-0.05, 0) is 18.6 Å². The fourth-order valence-electron chi connectivity index (χ4n) is 1.95. The van der Waals surface area contributed by atoms with Gasteiger partial charge in [0.25, 0.3) is 0 Å². The van der Waals surface area contributed by atoms with Gasteiger partial charge in [-0.25, -0.2) is 0 Å². The molecule has 1 N–H and O–H groups in total. The van der Waals surface area contributed by atoms with Gasteiger partial charge >= 0.3 is 0 Å². The first kappa shape index (κ1) is 15.2. The zero-order valence-electron chi connectivity index (χ0n) is 11.4. The van der Waals surface area contributed by atoms with Crippen LogP contribution in [0.2, 0.25) is 10.0 Å². The van der Waals surface area contributed by atoms with E-state index in [0.29, 0.717) is 21.4 Å². The van der Waals surface area contributed by atoms with Gasteiger partial charge in [-0.15, -0.1) is 0 Å². The lowest BCUT2D eigenvalue weighted by Crippen LogP contribution is -2.05. The van der Waals surface area contributed by atoms with Crippen molar-refractivity contribution in [2.24, 2.45) is 7.05 Å². The molecule has 0 fully saturated rings. The molecular formula is C14H16Cl2N2O2. The lowest BCUT2D eigenvalue weighted by atomic mass is 10.2. The van der Waals surface area contributed by atoms with Gasteiger partial charge < -0.3 is 9.84 Å². The standard InChI is InChI=1S/C14H16Cl2N2O2/c1-3-11-14(16)12(18(2)17-11)8-20-13-6-4-5-10(15)9(13)7-19/h4-6,19H,3,7-8H2,1-2H3. The zero-order valence-corrected chi connectivity index (χ0v) is 12.9. The van der Waals surface area contributed by atoms with E-state index in [2.05, 4.69) is 5.10 Å². The summed E-state index contributed by atoms with van der Waals surface area (Å²) in [6.45, 7) is 2.10. The summed E-state index contributed by atoms with van der Waals surface area (Å²) in [6.07, 6.45) is 0.770. The lowest BCUT2D eigenvalue weighted by molar-refractivity contribution is 0.255. The minimum absolute atomic E-state index is 0.172. The summed E-state index contributed by atoms with van der Waals surface area (Å²) in [6, 6.07) is 5.26. The molecule has 2 aromatic rings. The van der Waals surface area contributed by atoms with Gasteiger partial charge in [0.2, 0.25) is 0 Å². The number of aliphatic hydroxyl groups excluding tert-OH is 1. The van der Waals surface area contributed by atoms with Gasteiger partial charge in [0.15, 0.2) is 0 Å². The summed E-state index contributed by atoms with van der Waals surface area (Å²) in [5.74, 6) is 0.551. The van der Waals surface area contributed by atoms with Gasteiger partial charge in [0, 0.05) is 17.6 Å². The van der Waals surface area contributed by atoms with E-state index in [4.69, 9.17) is 27.9 Å². The molecule has 0 bridgehead atoms. The summed E-state index contributed by atoms with van der Waals surface area (Å²) in [7, 11) is 1.83. The molecule has 0 saturated heterocycles. The Balaban J connectivity index is 2.21. The number of ether oxygens (including phenoxy) is 1. The van der Waals surface area contributed by atoms with Crippen LogP contribution in [0.15, 0.2) is 18.2 Å². The number of benzene rings is 1. The highest BCUT2D eigenvalue weighted by molar-refractivity contribution is 6.32. The Morgan fingerprint density at radius 2 is 2.10 bits per heavy atom. The van der Waals surface area contributed by atoms with Crippen molar-refractivity contribution in [1.29, 1.82) is 0 Å². The molecule has 1 heterocycles. The fourth-order valence-corrected chi connectivity index (χ4v) is 2.52. The van der Waals surface area contributed by atoms with Crippen LogP contribution in [0.4, 0.5) is 0 Å². The van der Waals surface area contributed by atoms with Crippen LogP contribution in [0.25, 0.3) is 0 Å². The van der Waals surface area contributed by atoms with Gasteiger partial charge in [0.05, 0.1) is 23.0 Å². The number of rotatable bonds is 5. The Morgan fingerprint density at radius 3 is 2.70 bits per heavy atom. The molecule has 108 valence electrons. The number of hydrogen-bond donors (Lipinski definition) is 1. The number of aryl methyl sites for hydroxylation is 2. The van der Waals surface area contributed by atoms with Gasteiger partial charge in [0.1, 0.15) is 12.4 Å². The largest absolute Gasteiger partial charge is 0.487 e. The Bertz CT molecular complexity index is 611. The second kappa shape index (κ2) is 6.48. The quantitative estimate of drug-likeness (QED) is 0.920. The van der Waals surface area contributed by atoms with Crippen molar-refractivity contribution >= 4 is 23.2 Å². The van der Waals surface area contributed by atoms with Gasteiger partial charge in [-0.1, -0.05) is 36.2 Å². The molecule has 0 aliphatic carbocycles. The van der Waals surface area contributed by atoms with Crippen LogP contribution in [0.1, 0.15) is 23.9 Å². The summed E-state index contributed by atoms with van der Waals surface area (Å²) in [5, 5.41) is 14.8. The molecule has 0 amide bonds. The minimum Gasteiger partial charge on any atom is -0.487 e. The second-order valence-corrected chi connectivity index (χ2v) is 5.13. The lowest BCUT2D eigenvalue weighted by Gasteiger charge is -2.11. The van der Waals surface area contributed by atoms with E-state index < -0.39 is 0 Å². The van der Waals surface area contributed by atoms with E-state index in [1.807, 2.05) is 14.0 Å². The fraction of sp³-hybridized carbons (Fsp3) is 0.357. The molecule has 0 aliphatic rings. The second-order valence-electron chi connectivity index (χ2n) is 4.35. The van der Waals surface area contributed by atoms with Crippen molar-refractivity contribution in [2.75, 3.05) is 0 Å². The van der Waals surface area contributed by atoms with Crippen molar-refractivity contribution in [3.8, 4) is 5.75 Å². The van der Waals surface area contributed by atoms with E-state index >= 15 is 0 Å².